The maximum absolute atomic E-state index is 4.40. The van der Waals surface area contributed by atoms with Gasteiger partial charge in [0.15, 0.2) is 0 Å². The van der Waals surface area contributed by atoms with Crippen LogP contribution in [0.5, 0.6) is 0 Å². The van der Waals surface area contributed by atoms with Crippen molar-refractivity contribution in [2.45, 2.75) is 32.2 Å². The molecule has 5 nitrogen and oxygen atoms in total. The lowest BCUT2D eigenvalue weighted by Gasteiger charge is -2.00. The lowest BCUT2D eigenvalue weighted by Crippen LogP contribution is -2.07. The third-order valence-corrected chi connectivity index (χ3v) is 3.02. The summed E-state index contributed by atoms with van der Waals surface area (Å²) < 4.78 is 0. The number of aryl methyl sites for hydroxylation is 1. The molecule has 1 N–H and O–H groups in total. The van der Waals surface area contributed by atoms with Gasteiger partial charge in [-0.15, -0.1) is 10.2 Å². The molecule has 2 rings (SSSR count). The largest absolute Gasteiger partial charge is 0.320 e. The second kappa shape index (κ2) is 7.63. The Labute approximate surface area is 114 Å². The molecule has 0 unspecified atom stereocenters. The zero-order valence-corrected chi connectivity index (χ0v) is 11.4. The van der Waals surface area contributed by atoms with E-state index < -0.39 is 0 Å². The molecule has 0 atom stereocenters. The number of nitrogens with zero attached hydrogens (tertiary/aromatic N) is 4. The molecular weight excluding hydrogens is 238 g/mol. The quantitative estimate of drug-likeness (QED) is 0.738. The van der Waals surface area contributed by atoms with E-state index in [1.807, 2.05) is 37.4 Å². The molecule has 0 amide bonds. The number of hydrogen-bond donors (Lipinski definition) is 1. The fourth-order valence-corrected chi connectivity index (χ4v) is 1.95. The normalized spacial score (nSPS) is 10.8. The van der Waals surface area contributed by atoms with E-state index in [9.17, 15) is 0 Å². The van der Waals surface area contributed by atoms with Crippen molar-refractivity contribution < 1.29 is 0 Å². The van der Waals surface area contributed by atoms with E-state index in [1.165, 1.54) is 19.3 Å². The van der Waals surface area contributed by atoms with Crippen LogP contribution in [0.15, 0.2) is 30.3 Å². The molecule has 0 aliphatic carbocycles. The number of nitrogens with one attached hydrogen (secondary N) is 1. The van der Waals surface area contributed by atoms with Crippen molar-refractivity contribution in [2.24, 2.45) is 0 Å². The molecule has 0 saturated carbocycles. The van der Waals surface area contributed by atoms with Crippen molar-refractivity contribution >= 4 is 0 Å². The standard InChI is InChI=1S/C14H21N5/c1-15-11-7-2-3-8-12-19-17-14(16-18-19)13-9-5-4-6-10-13/h4-6,9-10,15H,2-3,7-8,11-12H2,1H3. The molecule has 0 saturated heterocycles. The fraction of sp³-hybridized carbons (Fsp3) is 0.500. The first kappa shape index (κ1) is 13.7. The van der Waals surface area contributed by atoms with Crippen LogP contribution in [0.1, 0.15) is 25.7 Å². The van der Waals surface area contributed by atoms with Gasteiger partial charge in [0.05, 0.1) is 6.54 Å². The Morgan fingerprint density at radius 1 is 1.05 bits per heavy atom. The van der Waals surface area contributed by atoms with E-state index in [1.54, 1.807) is 4.80 Å². The zero-order chi connectivity index (χ0) is 13.3. The molecular formula is C14H21N5. The first-order chi connectivity index (χ1) is 9.40. The van der Waals surface area contributed by atoms with Gasteiger partial charge < -0.3 is 5.32 Å². The minimum atomic E-state index is 0.704. The van der Waals surface area contributed by atoms with Gasteiger partial charge in [0.25, 0.3) is 0 Å². The van der Waals surface area contributed by atoms with E-state index >= 15 is 0 Å². The average Bonchev–Trinajstić information content (AvgIpc) is 2.92. The average molecular weight is 259 g/mol. The molecule has 1 heterocycles. The summed E-state index contributed by atoms with van der Waals surface area (Å²) in [5.74, 6) is 0.704. The van der Waals surface area contributed by atoms with Crippen LogP contribution in [-0.4, -0.2) is 33.8 Å². The van der Waals surface area contributed by atoms with Crippen LogP contribution in [0.2, 0.25) is 0 Å². The monoisotopic (exact) mass is 259 g/mol. The topological polar surface area (TPSA) is 55.6 Å². The minimum Gasteiger partial charge on any atom is -0.320 e. The molecule has 1 aromatic carbocycles. The summed E-state index contributed by atoms with van der Waals surface area (Å²) in [7, 11) is 1.99. The number of tetrazole rings is 1. The molecule has 0 aliphatic rings. The molecule has 0 spiro atoms. The van der Waals surface area contributed by atoms with Gasteiger partial charge >= 0.3 is 0 Å². The van der Waals surface area contributed by atoms with E-state index in [-0.39, 0.29) is 0 Å². The molecule has 102 valence electrons. The van der Waals surface area contributed by atoms with E-state index in [2.05, 4.69) is 20.7 Å². The molecule has 0 bridgehead atoms. The molecule has 0 fully saturated rings. The highest BCUT2D eigenvalue weighted by atomic mass is 15.6. The third kappa shape index (κ3) is 4.44. The molecule has 0 aliphatic heterocycles. The van der Waals surface area contributed by atoms with Crippen molar-refractivity contribution in [1.29, 1.82) is 0 Å². The summed E-state index contributed by atoms with van der Waals surface area (Å²) in [4.78, 5) is 1.69. The van der Waals surface area contributed by atoms with Crippen molar-refractivity contribution in [3.05, 3.63) is 30.3 Å². The number of aromatic nitrogens is 4. The minimum absolute atomic E-state index is 0.704. The number of unbranched alkanes of at least 4 members (excludes halogenated alkanes) is 3. The summed E-state index contributed by atoms with van der Waals surface area (Å²) in [6.45, 7) is 1.94. The maximum Gasteiger partial charge on any atom is 0.204 e. The van der Waals surface area contributed by atoms with Crippen LogP contribution in [0.25, 0.3) is 11.4 Å². The summed E-state index contributed by atoms with van der Waals surface area (Å²) in [5.41, 5.74) is 1.02. The van der Waals surface area contributed by atoms with Gasteiger partial charge in [-0.25, -0.2) is 0 Å². The SMILES string of the molecule is CNCCCCCCn1nnc(-c2ccccc2)n1. The van der Waals surface area contributed by atoms with Crippen LogP contribution in [-0.2, 0) is 6.54 Å². The Kier molecular flexibility index (Phi) is 5.49. The first-order valence-electron chi connectivity index (χ1n) is 6.88. The van der Waals surface area contributed by atoms with Crippen molar-refractivity contribution in [3.8, 4) is 11.4 Å². The van der Waals surface area contributed by atoms with Crippen molar-refractivity contribution in [1.82, 2.24) is 25.5 Å². The van der Waals surface area contributed by atoms with Gasteiger partial charge in [-0.2, -0.15) is 4.80 Å². The van der Waals surface area contributed by atoms with Crippen LogP contribution in [0.4, 0.5) is 0 Å². The Bertz CT molecular complexity index is 466. The Balaban J connectivity index is 1.75. The molecule has 0 radical (unpaired) electrons. The fourth-order valence-electron chi connectivity index (χ4n) is 1.95. The first-order valence-corrected chi connectivity index (χ1v) is 6.88. The van der Waals surface area contributed by atoms with E-state index in [0.29, 0.717) is 5.82 Å². The van der Waals surface area contributed by atoms with E-state index in [0.717, 1.165) is 25.1 Å². The smallest absolute Gasteiger partial charge is 0.204 e. The Morgan fingerprint density at radius 2 is 1.84 bits per heavy atom. The summed E-state index contributed by atoms with van der Waals surface area (Å²) in [5, 5.41) is 15.7. The van der Waals surface area contributed by atoms with Crippen molar-refractivity contribution in [3.63, 3.8) is 0 Å². The van der Waals surface area contributed by atoms with E-state index in [4.69, 9.17) is 0 Å². The lowest BCUT2D eigenvalue weighted by atomic mass is 10.2. The highest BCUT2D eigenvalue weighted by Crippen LogP contribution is 2.12. The number of rotatable bonds is 8. The van der Waals surface area contributed by atoms with Crippen LogP contribution < -0.4 is 5.32 Å². The highest BCUT2D eigenvalue weighted by Gasteiger charge is 2.04. The zero-order valence-electron chi connectivity index (χ0n) is 11.4. The summed E-state index contributed by atoms with van der Waals surface area (Å²) in [6.07, 6.45) is 4.80. The summed E-state index contributed by atoms with van der Waals surface area (Å²) in [6, 6.07) is 9.95. The van der Waals surface area contributed by atoms with Crippen LogP contribution >= 0.6 is 0 Å². The maximum atomic E-state index is 4.40. The lowest BCUT2D eigenvalue weighted by molar-refractivity contribution is 0.476. The second-order valence-corrected chi connectivity index (χ2v) is 4.59. The Morgan fingerprint density at radius 3 is 2.63 bits per heavy atom. The molecule has 5 heteroatoms. The molecule has 1 aromatic heterocycles. The number of benzene rings is 1. The van der Waals surface area contributed by atoms with Gasteiger partial charge in [0, 0.05) is 5.56 Å². The highest BCUT2D eigenvalue weighted by molar-refractivity contribution is 5.52. The summed E-state index contributed by atoms with van der Waals surface area (Å²) >= 11 is 0. The van der Waals surface area contributed by atoms with Gasteiger partial charge in [0.1, 0.15) is 0 Å². The van der Waals surface area contributed by atoms with Crippen molar-refractivity contribution in [2.75, 3.05) is 13.6 Å². The second-order valence-electron chi connectivity index (χ2n) is 4.59. The Hall–Kier alpha value is -1.75. The van der Waals surface area contributed by atoms with Gasteiger partial charge in [-0.05, 0) is 31.6 Å². The predicted molar refractivity (Wildman–Crippen MR) is 75.6 cm³/mol. The molecule has 19 heavy (non-hydrogen) atoms. The number of hydrogen-bond acceptors (Lipinski definition) is 4. The van der Waals surface area contributed by atoms with Gasteiger partial charge in [0.2, 0.25) is 5.82 Å². The van der Waals surface area contributed by atoms with Gasteiger partial charge in [-0.1, -0.05) is 43.2 Å². The van der Waals surface area contributed by atoms with Crippen LogP contribution in [0.3, 0.4) is 0 Å². The predicted octanol–water partition coefficient (Wildman–Crippen LogP) is 2.12. The molecule has 2 aromatic rings. The van der Waals surface area contributed by atoms with Gasteiger partial charge in [-0.3, -0.25) is 0 Å². The van der Waals surface area contributed by atoms with Crippen LogP contribution in [0, 0.1) is 0 Å². The third-order valence-electron chi connectivity index (χ3n) is 3.02.